The number of methoxy groups -OCH3 is 1. The van der Waals surface area contributed by atoms with Crippen LogP contribution in [-0.2, 0) is 11.3 Å². The number of benzene rings is 3. The lowest BCUT2D eigenvalue weighted by Gasteiger charge is -2.22. The largest absolute Gasteiger partial charge is 0.573 e. The molecular formula is C29H26F3NO6. The van der Waals surface area contributed by atoms with Crippen molar-refractivity contribution in [1.82, 2.24) is 4.57 Å². The second-order valence-corrected chi connectivity index (χ2v) is 9.40. The molecule has 4 rings (SSSR count). The van der Waals surface area contributed by atoms with E-state index in [4.69, 9.17) is 9.47 Å². The zero-order chi connectivity index (χ0) is 28.5. The fourth-order valence-electron chi connectivity index (χ4n) is 4.26. The number of alkyl halides is 3. The van der Waals surface area contributed by atoms with E-state index in [1.807, 2.05) is 0 Å². The van der Waals surface area contributed by atoms with E-state index in [0.717, 1.165) is 0 Å². The molecule has 0 amide bonds. The minimum Gasteiger partial charge on any atom is -0.497 e. The van der Waals surface area contributed by atoms with E-state index in [0.29, 0.717) is 44.8 Å². The highest BCUT2D eigenvalue weighted by molar-refractivity contribution is 6.17. The average Bonchev–Trinajstić information content (AvgIpc) is 3.13. The first kappa shape index (κ1) is 27.6. The molecule has 3 aromatic carbocycles. The van der Waals surface area contributed by atoms with Crippen LogP contribution in [0.2, 0.25) is 0 Å². The lowest BCUT2D eigenvalue weighted by molar-refractivity contribution is -0.274. The number of carbonyl (C=O) groups excluding carboxylic acids is 1. The maximum atomic E-state index is 13.6. The molecule has 1 heterocycles. The molecule has 10 heteroatoms. The lowest BCUT2D eigenvalue weighted by atomic mass is 10.0. The molecule has 39 heavy (non-hydrogen) atoms. The lowest BCUT2D eigenvalue weighted by Crippen LogP contribution is -2.37. The van der Waals surface area contributed by atoms with E-state index in [2.05, 4.69) is 4.74 Å². The summed E-state index contributed by atoms with van der Waals surface area (Å²) in [7, 11) is 1.51. The molecule has 1 N–H and O–H groups in total. The van der Waals surface area contributed by atoms with Crippen LogP contribution in [0.25, 0.3) is 10.9 Å². The molecule has 0 radical (unpaired) electrons. The third-order valence-electron chi connectivity index (χ3n) is 6.24. The highest BCUT2D eigenvalue weighted by Crippen LogP contribution is 2.34. The van der Waals surface area contributed by atoms with E-state index in [1.54, 1.807) is 60.0 Å². The van der Waals surface area contributed by atoms with Crippen molar-refractivity contribution in [2.75, 3.05) is 7.11 Å². The summed E-state index contributed by atoms with van der Waals surface area (Å²) in [5.74, 6) is -0.974. The number of nitrogens with zero attached hydrogens (tertiary/aromatic N) is 1. The zero-order valence-electron chi connectivity index (χ0n) is 21.6. The summed E-state index contributed by atoms with van der Waals surface area (Å²) in [6.07, 6.45) is -4.88. The quantitative estimate of drug-likeness (QED) is 0.248. The smallest absolute Gasteiger partial charge is 0.497 e. The van der Waals surface area contributed by atoms with Crippen LogP contribution in [0, 0.1) is 6.92 Å². The Bertz CT molecular complexity index is 1540. The van der Waals surface area contributed by atoms with Crippen molar-refractivity contribution >= 4 is 22.7 Å². The van der Waals surface area contributed by atoms with E-state index in [-0.39, 0.29) is 12.3 Å². The maximum absolute atomic E-state index is 13.6. The van der Waals surface area contributed by atoms with Gasteiger partial charge in [0.15, 0.2) is 11.4 Å². The molecule has 4 aromatic rings. The third-order valence-corrected chi connectivity index (χ3v) is 6.24. The van der Waals surface area contributed by atoms with Gasteiger partial charge in [-0.05, 0) is 74.9 Å². The molecule has 0 aliphatic heterocycles. The number of aromatic nitrogens is 1. The summed E-state index contributed by atoms with van der Waals surface area (Å²) >= 11 is 0. The molecule has 0 aliphatic rings. The van der Waals surface area contributed by atoms with Crippen molar-refractivity contribution in [3.05, 3.63) is 89.1 Å². The van der Waals surface area contributed by atoms with E-state index in [9.17, 15) is 27.9 Å². The molecular weight excluding hydrogens is 515 g/mol. The highest BCUT2D eigenvalue weighted by Gasteiger charge is 2.32. The second kappa shape index (κ2) is 10.4. The first-order valence-electron chi connectivity index (χ1n) is 11.9. The molecule has 0 aliphatic carbocycles. The van der Waals surface area contributed by atoms with Crippen molar-refractivity contribution < 1.29 is 42.1 Å². The molecule has 0 atom stereocenters. The fraction of sp³-hybridized carbons (Fsp3) is 0.241. The van der Waals surface area contributed by atoms with Gasteiger partial charge in [-0.15, -0.1) is 13.2 Å². The molecule has 0 fully saturated rings. The first-order chi connectivity index (χ1) is 18.3. The van der Waals surface area contributed by atoms with Crippen LogP contribution < -0.4 is 14.2 Å². The van der Waals surface area contributed by atoms with Gasteiger partial charge in [0, 0.05) is 29.3 Å². The minimum atomic E-state index is -4.88. The number of hydrogen-bond acceptors (Lipinski definition) is 5. The summed E-state index contributed by atoms with van der Waals surface area (Å²) in [6, 6.07) is 17.1. The number of carboxylic acid groups (broad SMARTS) is 1. The minimum absolute atomic E-state index is 0.165. The number of ether oxygens (including phenoxy) is 3. The topological polar surface area (TPSA) is 87.0 Å². The second-order valence-electron chi connectivity index (χ2n) is 9.40. The van der Waals surface area contributed by atoms with Crippen LogP contribution in [0.3, 0.4) is 0 Å². The summed E-state index contributed by atoms with van der Waals surface area (Å²) in [5.41, 5.74) is 0.832. The molecule has 0 bridgehead atoms. The molecule has 0 unspecified atom stereocenters. The average molecular weight is 542 g/mol. The van der Waals surface area contributed by atoms with Crippen molar-refractivity contribution in [2.45, 2.75) is 39.3 Å². The summed E-state index contributed by atoms with van der Waals surface area (Å²) in [4.78, 5) is 25.1. The van der Waals surface area contributed by atoms with Crippen molar-refractivity contribution in [3.8, 4) is 17.2 Å². The molecule has 0 saturated heterocycles. The molecule has 0 spiro atoms. The van der Waals surface area contributed by atoms with E-state index < -0.39 is 23.7 Å². The number of ketones is 1. The van der Waals surface area contributed by atoms with Crippen LogP contribution in [-0.4, -0.2) is 40.5 Å². The Labute approximate surface area is 222 Å². The third kappa shape index (κ3) is 6.00. The normalized spacial score (nSPS) is 11.9. The molecule has 0 saturated carbocycles. The van der Waals surface area contributed by atoms with Crippen molar-refractivity contribution in [1.29, 1.82) is 0 Å². The first-order valence-corrected chi connectivity index (χ1v) is 11.9. The standard InChI is InChI=1S/C29H26F3NO6/c1-17-25(26(34)19-8-10-20(37-4)11-9-19)23-13-12-22(39-29(30,31)32)15-24(23)33(17)16-18-6-5-7-21(14-18)38-28(2,3)27(35)36/h5-15H,16H2,1-4H3,(H,35,36). The molecule has 1 aromatic heterocycles. The Kier molecular flexibility index (Phi) is 7.32. The molecule has 7 nitrogen and oxygen atoms in total. The monoisotopic (exact) mass is 541 g/mol. The SMILES string of the molecule is COc1ccc(C(=O)c2c(C)n(Cc3cccc(OC(C)(C)C(=O)O)c3)c3cc(OC(F)(F)F)ccc23)cc1. The predicted octanol–water partition coefficient (Wildman–Crippen LogP) is 6.38. The number of fused-ring (bicyclic) bond motifs is 1. The number of aliphatic carboxylic acids is 1. The van der Waals surface area contributed by atoms with E-state index in [1.165, 1.54) is 39.2 Å². The maximum Gasteiger partial charge on any atom is 0.573 e. The van der Waals surface area contributed by atoms with Gasteiger partial charge in [-0.3, -0.25) is 4.79 Å². The Morgan fingerprint density at radius 2 is 1.54 bits per heavy atom. The fourth-order valence-corrected chi connectivity index (χ4v) is 4.26. The van der Waals surface area contributed by atoms with Gasteiger partial charge < -0.3 is 23.9 Å². The van der Waals surface area contributed by atoms with Gasteiger partial charge in [0.1, 0.15) is 17.2 Å². The van der Waals surface area contributed by atoms with E-state index >= 15 is 0 Å². The van der Waals surface area contributed by atoms with Crippen LogP contribution in [0.5, 0.6) is 17.2 Å². The van der Waals surface area contributed by atoms with Gasteiger partial charge in [-0.25, -0.2) is 4.79 Å². The van der Waals surface area contributed by atoms with Crippen LogP contribution in [0.15, 0.2) is 66.7 Å². The number of carboxylic acids is 1. The molecule has 204 valence electrons. The Balaban J connectivity index is 1.81. The number of hydrogen-bond donors (Lipinski definition) is 1. The van der Waals surface area contributed by atoms with Crippen LogP contribution in [0.1, 0.15) is 41.0 Å². The highest BCUT2D eigenvalue weighted by atomic mass is 19.4. The zero-order valence-corrected chi connectivity index (χ0v) is 21.6. The number of halogens is 3. The Morgan fingerprint density at radius 1 is 0.897 bits per heavy atom. The summed E-state index contributed by atoms with van der Waals surface area (Å²) in [6.45, 7) is 4.73. The van der Waals surface area contributed by atoms with Gasteiger partial charge in [0.05, 0.1) is 18.2 Å². The van der Waals surface area contributed by atoms with Gasteiger partial charge in [-0.2, -0.15) is 0 Å². The van der Waals surface area contributed by atoms with Crippen LogP contribution in [0.4, 0.5) is 13.2 Å². The van der Waals surface area contributed by atoms with Gasteiger partial charge in [0.2, 0.25) is 0 Å². The summed E-state index contributed by atoms with van der Waals surface area (Å²) in [5, 5.41) is 9.85. The van der Waals surface area contributed by atoms with Gasteiger partial charge in [0.25, 0.3) is 0 Å². The summed E-state index contributed by atoms with van der Waals surface area (Å²) < 4.78 is 55.6. The number of carbonyl (C=O) groups is 2. The van der Waals surface area contributed by atoms with Crippen LogP contribution >= 0.6 is 0 Å². The van der Waals surface area contributed by atoms with Crippen molar-refractivity contribution in [2.24, 2.45) is 0 Å². The van der Waals surface area contributed by atoms with Gasteiger partial charge in [-0.1, -0.05) is 12.1 Å². The Morgan fingerprint density at radius 3 is 2.15 bits per heavy atom. The number of rotatable bonds is 9. The van der Waals surface area contributed by atoms with Gasteiger partial charge >= 0.3 is 12.3 Å². The Hall–Kier alpha value is -4.47. The van der Waals surface area contributed by atoms with Crippen molar-refractivity contribution in [3.63, 3.8) is 0 Å². The predicted molar refractivity (Wildman–Crippen MR) is 138 cm³/mol.